The van der Waals surface area contributed by atoms with E-state index in [1.807, 2.05) is 42.5 Å². The number of methoxy groups -OCH3 is 2. The van der Waals surface area contributed by atoms with Crippen molar-refractivity contribution in [3.05, 3.63) is 59.7 Å². The van der Waals surface area contributed by atoms with E-state index in [9.17, 15) is 5.11 Å². The maximum Gasteiger partial charge on any atom is 0.128 e. The van der Waals surface area contributed by atoms with Gasteiger partial charge in [0, 0.05) is 11.6 Å². The summed E-state index contributed by atoms with van der Waals surface area (Å²) in [5.74, 6) is 1.32. The minimum atomic E-state index is -0.702. The summed E-state index contributed by atoms with van der Waals surface area (Å²) in [6, 6.07) is 14.9. The molecule has 2 rings (SSSR count). The average Bonchev–Trinajstić information content (AvgIpc) is 2.46. The lowest BCUT2D eigenvalue weighted by Crippen LogP contribution is -2.02. The first-order valence-electron chi connectivity index (χ1n) is 5.71. The van der Waals surface area contributed by atoms with Gasteiger partial charge in [-0.25, -0.2) is 0 Å². The highest BCUT2D eigenvalue weighted by molar-refractivity contribution is 5.45. The first kappa shape index (κ1) is 12.5. The molecule has 94 valence electrons. The molecule has 2 aromatic rings. The highest BCUT2D eigenvalue weighted by atomic mass is 16.5. The minimum Gasteiger partial charge on any atom is -0.497 e. The fourth-order valence-electron chi connectivity index (χ4n) is 1.86. The lowest BCUT2D eigenvalue weighted by Gasteiger charge is -2.16. The summed E-state index contributed by atoms with van der Waals surface area (Å²) in [5.41, 5.74) is 1.56. The van der Waals surface area contributed by atoms with Crippen LogP contribution in [0.1, 0.15) is 17.2 Å². The second kappa shape index (κ2) is 5.56. The van der Waals surface area contributed by atoms with Gasteiger partial charge in [-0.2, -0.15) is 0 Å². The summed E-state index contributed by atoms with van der Waals surface area (Å²) in [6.07, 6.45) is -0.702. The molecule has 0 saturated heterocycles. The fourth-order valence-corrected chi connectivity index (χ4v) is 1.86. The highest BCUT2D eigenvalue weighted by Gasteiger charge is 2.15. The smallest absolute Gasteiger partial charge is 0.128 e. The molecular formula is C15H16O3. The lowest BCUT2D eigenvalue weighted by molar-refractivity contribution is 0.214. The predicted octanol–water partition coefficient (Wildman–Crippen LogP) is 2.79. The molecule has 0 amide bonds. The molecular weight excluding hydrogens is 228 g/mol. The topological polar surface area (TPSA) is 38.7 Å². The molecule has 18 heavy (non-hydrogen) atoms. The van der Waals surface area contributed by atoms with Gasteiger partial charge < -0.3 is 14.6 Å². The van der Waals surface area contributed by atoms with Crippen molar-refractivity contribution < 1.29 is 14.6 Å². The van der Waals surface area contributed by atoms with Gasteiger partial charge in [0.05, 0.1) is 14.2 Å². The third-order valence-corrected chi connectivity index (χ3v) is 2.85. The normalized spacial score (nSPS) is 11.9. The van der Waals surface area contributed by atoms with Gasteiger partial charge in [-0.1, -0.05) is 30.3 Å². The molecule has 0 spiro atoms. The van der Waals surface area contributed by atoms with Crippen LogP contribution in [0.2, 0.25) is 0 Å². The predicted molar refractivity (Wildman–Crippen MR) is 70.0 cm³/mol. The van der Waals surface area contributed by atoms with Crippen molar-refractivity contribution in [3.63, 3.8) is 0 Å². The van der Waals surface area contributed by atoms with Crippen LogP contribution in [0.3, 0.4) is 0 Å². The minimum absolute atomic E-state index is 0.616. The Morgan fingerprint density at radius 1 is 0.944 bits per heavy atom. The SMILES string of the molecule is COc1ccc(C(O)c2ccccc2)c(OC)c1. The van der Waals surface area contributed by atoms with E-state index >= 15 is 0 Å². The average molecular weight is 244 g/mol. The van der Waals surface area contributed by atoms with Crippen molar-refractivity contribution in [2.45, 2.75) is 6.10 Å². The van der Waals surface area contributed by atoms with Crippen LogP contribution >= 0.6 is 0 Å². The van der Waals surface area contributed by atoms with E-state index in [1.54, 1.807) is 20.3 Å². The standard InChI is InChI=1S/C15H16O3/c1-17-12-8-9-13(14(10-12)18-2)15(16)11-6-4-3-5-7-11/h3-10,15-16H,1-2H3. The molecule has 0 aliphatic heterocycles. The molecule has 0 saturated carbocycles. The van der Waals surface area contributed by atoms with E-state index in [-0.39, 0.29) is 0 Å². The maximum absolute atomic E-state index is 10.3. The molecule has 3 nitrogen and oxygen atoms in total. The number of benzene rings is 2. The largest absolute Gasteiger partial charge is 0.497 e. The van der Waals surface area contributed by atoms with Gasteiger partial charge in [-0.05, 0) is 17.7 Å². The molecule has 1 atom stereocenters. The van der Waals surface area contributed by atoms with Gasteiger partial charge >= 0.3 is 0 Å². The van der Waals surface area contributed by atoms with Crippen LogP contribution in [0.4, 0.5) is 0 Å². The van der Waals surface area contributed by atoms with E-state index in [1.165, 1.54) is 0 Å². The Balaban J connectivity index is 2.38. The van der Waals surface area contributed by atoms with Crippen LogP contribution in [0.15, 0.2) is 48.5 Å². The van der Waals surface area contributed by atoms with Gasteiger partial charge in [0.15, 0.2) is 0 Å². The first-order chi connectivity index (χ1) is 8.76. The Kier molecular flexibility index (Phi) is 3.85. The number of ether oxygens (including phenoxy) is 2. The van der Waals surface area contributed by atoms with Crippen LogP contribution < -0.4 is 9.47 Å². The molecule has 2 aromatic carbocycles. The monoisotopic (exact) mass is 244 g/mol. The summed E-state index contributed by atoms with van der Waals surface area (Å²) >= 11 is 0. The Morgan fingerprint density at radius 3 is 2.28 bits per heavy atom. The van der Waals surface area contributed by atoms with E-state index in [2.05, 4.69) is 0 Å². The molecule has 0 heterocycles. The number of rotatable bonds is 4. The zero-order valence-electron chi connectivity index (χ0n) is 10.5. The summed E-state index contributed by atoms with van der Waals surface area (Å²) < 4.78 is 10.4. The molecule has 3 heteroatoms. The molecule has 0 aromatic heterocycles. The molecule has 0 radical (unpaired) electrons. The van der Waals surface area contributed by atoms with Crippen LogP contribution in [0.25, 0.3) is 0 Å². The number of hydrogen-bond acceptors (Lipinski definition) is 3. The van der Waals surface area contributed by atoms with Crippen LogP contribution in [0, 0.1) is 0 Å². The highest BCUT2D eigenvalue weighted by Crippen LogP contribution is 2.32. The zero-order valence-corrected chi connectivity index (χ0v) is 10.5. The molecule has 1 N–H and O–H groups in total. The van der Waals surface area contributed by atoms with E-state index in [4.69, 9.17) is 9.47 Å². The number of aliphatic hydroxyl groups excluding tert-OH is 1. The number of hydrogen-bond donors (Lipinski definition) is 1. The van der Waals surface area contributed by atoms with Gasteiger partial charge in [0.1, 0.15) is 17.6 Å². The molecule has 1 unspecified atom stereocenters. The zero-order chi connectivity index (χ0) is 13.0. The molecule has 0 aliphatic carbocycles. The van der Waals surface area contributed by atoms with Crippen molar-refractivity contribution in [2.24, 2.45) is 0 Å². The van der Waals surface area contributed by atoms with Crippen molar-refractivity contribution in [1.82, 2.24) is 0 Å². The van der Waals surface area contributed by atoms with Crippen molar-refractivity contribution in [1.29, 1.82) is 0 Å². The van der Waals surface area contributed by atoms with Gasteiger partial charge in [0.2, 0.25) is 0 Å². The summed E-state index contributed by atoms with van der Waals surface area (Å²) in [7, 11) is 3.18. The van der Waals surface area contributed by atoms with Crippen LogP contribution in [-0.4, -0.2) is 19.3 Å². The van der Waals surface area contributed by atoms with E-state index < -0.39 is 6.10 Å². The van der Waals surface area contributed by atoms with Crippen molar-refractivity contribution in [3.8, 4) is 11.5 Å². The van der Waals surface area contributed by atoms with Crippen molar-refractivity contribution >= 4 is 0 Å². The third kappa shape index (κ3) is 2.46. The quantitative estimate of drug-likeness (QED) is 0.898. The fraction of sp³-hybridized carbons (Fsp3) is 0.200. The maximum atomic E-state index is 10.3. The Bertz CT molecular complexity index is 508. The summed E-state index contributed by atoms with van der Waals surface area (Å²) in [6.45, 7) is 0. The van der Waals surface area contributed by atoms with Gasteiger partial charge in [-0.15, -0.1) is 0 Å². The molecule has 0 bridgehead atoms. The number of aliphatic hydroxyl groups is 1. The third-order valence-electron chi connectivity index (χ3n) is 2.85. The van der Waals surface area contributed by atoms with E-state index in [0.29, 0.717) is 11.5 Å². The lowest BCUT2D eigenvalue weighted by atomic mass is 10.0. The Hall–Kier alpha value is -2.00. The first-order valence-corrected chi connectivity index (χ1v) is 5.71. The van der Waals surface area contributed by atoms with Crippen molar-refractivity contribution in [2.75, 3.05) is 14.2 Å². The summed E-state index contributed by atoms with van der Waals surface area (Å²) in [5, 5.41) is 10.3. The van der Waals surface area contributed by atoms with E-state index in [0.717, 1.165) is 11.1 Å². The van der Waals surface area contributed by atoms with Crippen LogP contribution in [0.5, 0.6) is 11.5 Å². The second-order valence-electron chi connectivity index (χ2n) is 3.92. The second-order valence-corrected chi connectivity index (χ2v) is 3.92. The Morgan fingerprint density at radius 2 is 1.67 bits per heavy atom. The Labute approximate surface area is 107 Å². The molecule has 0 aliphatic rings. The van der Waals surface area contributed by atoms with Gasteiger partial charge in [0.25, 0.3) is 0 Å². The van der Waals surface area contributed by atoms with Gasteiger partial charge in [-0.3, -0.25) is 0 Å². The summed E-state index contributed by atoms with van der Waals surface area (Å²) in [4.78, 5) is 0. The van der Waals surface area contributed by atoms with Crippen LogP contribution in [-0.2, 0) is 0 Å². The molecule has 0 fully saturated rings.